The Labute approximate surface area is 167 Å². The maximum atomic E-state index is 12.6. The number of rotatable bonds is 5. The smallest absolute Gasteiger partial charge is 0.312 e. The van der Waals surface area contributed by atoms with Crippen LogP contribution in [-0.2, 0) is 33.8 Å². The summed E-state index contributed by atoms with van der Waals surface area (Å²) < 4.78 is 65.4. The standard InChI is InChI=1S/C20H21F3N2O3S/c1-14(26)25-12-2-3-16-13-18(8-9-19(16)25)29(27,28)24-11-10-15-4-6-17(7-5-15)20(21,22)23/h4-9,13,24H,2-3,10-12H2,1H3. The number of nitrogens with one attached hydrogen (secondary N) is 1. The first-order valence-electron chi connectivity index (χ1n) is 9.15. The van der Waals surface area contributed by atoms with Crippen LogP contribution in [0.25, 0.3) is 0 Å². The van der Waals surface area contributed by atoms with Gasteiger partial charge in [-0.25, -0.2) is 13.1 Å². The van der Waals surface area contributed by atoms with Crippen molar-refractivity contribution in [3.05, 3.63) is 59.2 Å². The lowest BCUT2D eigenvalue weighted by atomic mass is 10.0. The largest absolute Gasteiger partial charge is 0.416 e. The van der Waals surface area contributed by atoms with E-state index in [1.807, 2.05) is 0 Å². The monoisotopic (exact) mass is 426 g/mol. The Morgan fingerprint density at radius 1 is 1.14 bits per heavy atom. The Kier molecular flexibility index (Phi) is 6.00. The molecule has 0 bridgehead atoms. The van der Waals surface area contributed by atoms with Gasteiger partial charge in [-0.15, -0.1) is 0 Å². The van der Waals surface area contributed by atoms with Crippen LogP contribution in [-0.4, -0.2) is 27.4 Å². The van der Waals surface area contributed by atoms with E-state index < -0.39 is 21.8 Å². The molecular weight excluding hydrogens is 405 g/mol. The van der Waals surface area contributed by atoms with Crippen LogP contribution in [0.2, 0.25) is 0 Å². The third-order valence-corrected chi connectivity index (χ3v) is 6.31. The normalized spacial score (nSPS) is 14.6. The molecule has 2 aromatic rings. The lowest BCUT2D eigenvalue weighted by Crippen LogP contribution is -2.33. The molecule has 9 heteroatoms. The molecule has 0 atom stereocenters. The molecule has 1 aliphatic rings. The molecule has 0 spiro atoms. The average molecular weight is 426 g/mol. The number of carbonyl (C=O) groups is 1. The van der Waals surface area contributed by atoms with E-state index in [2.05, 4.69) is 4.72 Å². The van der Waals surface area contributed by atoms with Gasteiger partial charge in [0.2, 0.25) is 15.9 Å². The Morgan fingerprint density at radius 2 is 1.83 bits per heavy atom. The molecule has 0 unspecified atom stereocenters. The molecule has 0 fully saturated rings. The van der Waals surface area contributed by atoms with Crippen LogP contribution in [0.4, 0.5) is 18.9 Å². The molecule has 0 radical (unpaired) electrons. The van der Waals surface area contributed by atoms with Crippen LogP contribution < -0.4 is 9.62 Å². The summed E-state index contributed by atoms with van der Waals surface area (Å²) in [7, 11) is -3.77. The van der Waals surface area contributed by atoms with Crippen LogP contribution >= 0.6 is 0 Å². The lowest BCUT2D eigenvalue weighted by molar-refractivity contribution is -0.137. The van der Waals surface area contributed by atoms with Gasteiger partial charge < -0.3 is 4.90 Å². The summed E-state index contributed by atoms with van der Waals surface area (Å²) >= 11 is 0. The minimum absolute atomic E-state index is 0.0599. The summed E-state index contributed by atoms with van der Waals surface area (Å²) in [6, 6.07) is 9.31. The van der Waals surface area contributed by atoms with Gasteiger partial charge in [-0.2, -0.15) is 13.2 Å². The van der Waals surface area contributed by atoms with Gasteiger partial charge in [-0.1, -0.05) is 12.1 Å². The molecule has 156 valence electrons. The summed E-state index contributed by atoms with van der Waals surface area (Å²) in [5, 5.41) is 0. The molecule has 3 rings (SSSR count). The molecule has 1 amide bonds. The van der Waals surface area contributed by atoms with E-state index >= 15 is 0 Å². The van der Waals surface area contributed by atoms with Crippen molar-refractivity contribution in [2.75, 3.05) is 18.0 Å². The van der Waals surface area contributed by atoms with E-state index in [4.69, 9.17) is 0 Å². The Balaban J connectivity index is 1.66. The maximum Gasteiger partial charge on any atom is 0.416 e. The summed E-state index contributed by atoms with van der Waals surface area (Å²) in [5.74, 6) is -0.0868. The van der Waals surface area contributed by atoms with Crippen LogP contribution in [0.3, 0.4) is 0 Å². The van der Waals surface area contributed by atoms with Crippen molar-refractivity contribution in [3.8, 4) is 0 Å². The zero-order valence-electron chi connectivity index (χ0n) is 15.8. The molecule has 1 aliphatic heterocycles. The Morgan fingerprint density at radius 3 is 2.45 bits per heavy atom. The first kappa shape index (κ1) is 21.3. The van der Waals surface area contributed by atoms with Gasteiger partial charge in [-0.3, -0.25) is 4.79 Å². The van der Waals surface area contributed by atoms with Crippen LogP contribution in [0.15, 0.2) is 47.4 Å². The number of amides is 1. The van der Waals surface area contributed by atoms with Crippen molar-refractivity contribution in [3.63, 3.8) is 0 Å². The molecule has 29 heavy (non-hydrogen) atoms. The predicted octanol–water partition coefficient (Wildman–Crippen LogP) is 3.53. The molecule has 0 saturated carbocycles. The van der Waals surface area contributed by atoms with Crippen molar-refractivity contribution >= 4 is 21.6 Å². The number of halogens is 3. The third-order valence-electron chi connectivity index (χ3n) is 4.85. The van der Waals surface area contributed by atoms with Crippen molar-refractivity contribution in [1.82, 2.24) is 4.72 Å². The molecule has 5 nitrogen and oxygen atoms in total. The Hall–Kier alpha value is -2.39. The van der Waals surface area contributed by atoms with Crippen molar-refractivity contribution in [2.24, 2.45) is 0 Å². The quantitative estimate of drug-likeness (QED) is 0.796. The van der Waals surface area contributed by atoms with Crippen molar-refractivity contribution in [1.29, 1.82) is 0 Å². The topological polar surface area (TPSA) is 66.5 Å². The van der Waals surface area contributed by atoms with Gasteiger partial charge in [0.05, 0.1) is 10.5 Å². The predicted molar refractivity (Wildman–Crippen MR) is 103 cm³/mol. The average Bonchev–Trinajstić information content (AvgIpc) is 2.66. The number of nitrogens with zero attached hydrogens (tertiary/aromatic N) is 1. The fourth-order valence-electron chi connectivity index (χ4n) is 3.34. The molecule has 1 N–H and O–H groups in total. The summed E-state index contributed by atoms with van der Waals surface area (Å²) in [6.45, 7) is 2.15. The summed E-state index contributed by atoms with van der Waals surface area (Å²) in [4.78, 5) is 13.5. The zero-order chi connectivity index (χ0) is 21.2. The van der Waals surface area contributed by atoms with Crippen LogP contribution in [0, 0.1) is 0 Å². The third kappa shape index (κ3) is 4.97. The van der Waals surface area contributed by atoms with Crippen molar-refractivity contribution in [2.45, 2.75) is 37.3 Å². The van der Waals surface area contributed by atoms with Crippen LogP contribution in [0.1, 0.15) is 30.0 Å². The van der Waals surface area contributed by atoms with Gasteiger partial charge >= 0.3 is 6.18 Å². The highest BCUT2D eigenvalue weighted by Gasteiger charge is 2.30. The number of hydrogen-bond donors (Lipinski definition) is 1. The van der Waals surface area contributed by atoms with Gasteiger partial charge in [-0.05, 0) is 60.7 Å². The molecule has 1 heterocycles. The highest BCUT2D eigenvalue weighted by Crippen LogP contribution is 2.30. The first-order chi connectivity index (χ1) is 13.6. The van der Waals surface area contributed by atoms with Gasteiger partial charge in [0.1, 0.15) is 0 Å². The summed E-state index contributed by atoms with van der Waals surface area (Å²) in [5.41, 5.74) is 1.39. The minimum Gasteiger partial charge on any atom is -0.312 e. The fourth-order valence-corrected chi connectivity index (χ4v) is 4.42. The van der Waals surface area contributed by atoms with Gasteiger partial charge in [0.25, 0.3) is 0 Å². The lowest BCUT2D eigenvalue weighted by Gasteiger charge is -2.28. The second-order valence-corrected chi connectivity index (χ2v) is 8.67. The second kappa shape index (κ2) is 8.16. The van der Waals surface area contributed by atoms with E-state index in [0.29, 0.717) is 18.5 Å². The second-order valence-electron chi connectivity index (χ2n) is 6.91. The van der Waals surface area contributed by atoms with E-state index in [-0.39, 0.29) is 23.8 Å². The van der Waals surface area contributed by atoms with Crippen LogP contribution in [0.5, 0.6) is 0 Å². The highest BCUT2D eigenvalue weighted by atomic mass is 32.2. The van der Waals surface area contributed by atoms with Gasteiger partial charge in [0, 0.05) is 25.7 Å². The highest BCUT2D eigenvalue weighted by molar-refractivity contribution is 7.89. The number of benzene rings is 2. The number of hydrogen-bond acceptors (Lipinski definition) is 3. The van der Waals surface area contributed by atoms with Crippen molar-refractivity contribution < 1.29 is 26.4 Å². The minimum atomic E-state index is -4.40. The molecule has 0 saturated heterocycles. The fraction of sp³-hybridized carbons (Fsp3) is 0.350. The zero-order valence-corrected chi connectivity index (χ0v) is 16.6. The Bertz CT molecular complexity index is 1000. The van der Waals surface area contributed by atoms with E-state index in [9.17, 15) is 26.4 Å². The maximum absolute atomic E-state index is 12.6. The molecule has 0 aromatic heterocycles. The first-order valence-corrected chi connectivity index (χ1v) is 10.6. The number of aryl methyl sites for hydroxylation is 1. The van der Waals surface area contributed by atoms with E-state index in [1.54, 1.807) is 17.0 Å². The summed E-state index contributed by atoms with van der Waals surface area (Å²) in [6.07, 6.45) is -2.68. The number of fused-ring (bicyclic) bond motifs is 1. The number of alkyl halides is 3. The number of sulfonamides is 1. The molecule has 0 aliphatic carbocycles. The van der Waals surface area contributed by atoms with E-state index in [1.165, 1.54) is 25.1 Å². The SMILES string of the molecule is CC(=O)N1CCCc2cc(S(=O)(=O)NCCc3ccc(C(F)(F)F)cc3)ccc21. The number of anilines is 1. The molecular formula is C20H21F3N2O3S. The number of carbonyl (C=O) groups excluding carboxylic acids is 1. The molecule has 2 aromatic carbocycles. The van der Waals surface area contributed by atoms with E-state index in [0.717, 1.165) is 29.8 Å². The van der Waals surface area contributed by atoms with Gasteiger partial charge in [0.15, 0.2) is 0 Å².